The van der Waals surface area contributed by atoms with E-state index in [1.807, 2.05) is 38.1 Å². The summed E-state index contributed by atoms with van der Waals surface area (Å²) in [5.74, 6) is 0.0628. The molecule has 4 bridgehead atoms. The van der Waals surface area contributed by atoms with Crippen LogP contribution in [0.25, 0.3) is 11.3 Å². The van der Waals surface area contributed by atoms with Crippen LogP contribution in [0.4, 0.5) is 23.9 Å². The highest BCUT2D eigenvalue weighted by Gasteiger charge is 2.64. The van der Waals surface area contributed by atoms with Gasteiger partial charge in [-0.2, -0.15) is 18.2 Å². The van der Waals surface area contributed by atoms with E-state index in [1.54, 1.807) is 29.2 Å². The first-order valence-corrected chi connectivity index (χ1v) is 15.6. The van der Waals surface area contributed by atoms with Crippen LogP contribution >= 0.6 is 11.9 Å². The Morgan fingerprint density at radius 3 is 2.51 bits per heavy atom. The van der Waals surface area contributed by atoms with Crippen molar-refractivity contribution in [3.05, 3.63) is 65.2 Å². The van der Waals surface area contributed by atoms with Gasteiger partial charge in [0.2, 0.25) is 11.8 Å². The van der Waals surface area contributed by atoms with Gasteiger partial charge in [0, 0.05) is 34.2 Å². The second kappa shape index (κ2) is 12.1. The van der Waals surface area contributed by atoms with Crippen LogP contribution in [0.5, 0.6) is 5.88 Å². The number of nitrogens with zero attached hydrogens (tertiary/aromatic N) is 3. The van der Waals surface area contributed by atoms with E-state index < -0.39 is 29.8 Å². The van der Waals surface area contributed by atoms with Gasteiger partial charge in [0.05, 0.1) is 24.3 Å². The van der Waals surface area contributed by atoms with Gasteiger partial charge >= 0.3 is 12.3 Å². The molecule has 1 atom stereocenters. The summed E-state index contributed by atoms with van der Waals surface area (Å²) in [5.41, 5.74) is 1.97. The van der Waals surface area contributed by atoms with Gasteiger partial charge in [-0.25, -0.2) is 9.78 Å². The van der Waals surface area contributed by atoms with Crippen LogP contribution < -0.4 is 14.8 Å². The summed E-state index contributed by atoms with van der Waals surface area (Å²) in [4.78, 5) is 37.6. The second-order valence-electron chi connectivity index (χ2n) is 12.0. The largest absolute Gasteiger partial charge is 0.475 e. The van der Waals surface area contributed by atoms with Crippen molar-refractivity contribution in [3.8, 4) is 17.1 Å². The van der Waals surface area contributed by atoms with E-state index in [9.17, 15) is 22.8 Å². The third kappa shape index (κ3) is 6.40. The lowest BCUT2D eigenvalue weighted by molar-refractivity contribution is -0.193. The molecule has 0 spiro atoms. The van der Waals surface area contributed by atoms with Crippen molar-refractivity contribution in [3.63, 3.8) is 0 Å². The zero-order chi connectivity index (χ0) is 31.9. The maximum Gasteiger partial charge on any atom is 0.407 e. The van der Waals surface area contributed by atoms with E-state index in [0.29, 0.717) is 29.0 Å². The molecule has 0 radical (unpaired) electrons. The number of carbonyl (C=O) groups excluding carboxylic acids is 2. The lowest BCUT2D eigenvalue weighted by atomic mass is 9.83. The molecule has 2 heterocycles. The molecule has 6 rings (SSSR count). The number of fused-ring (bicyclic) bond motifs is 4. The number of amides is 2. The number of aromatic nitrogens is 2. The standard InChI is InChI=1S/C32H34F3N5O4S/c1-18-6-4-7-19(2)27(18)25-15-26-38-29(37-25)39-45-24-9-5-8-20(12-24)28(41)40(22-13-21(14-22)36-30(42)43-3)23(17-44-26)16-31(10-11-31)32(33,34)35/h4-9,12,15,21-23H,10-11,13-14,16-17H2,1-3H3,(H,36,42)(H,37,38,39). The van der Waals surface area contributed by atoms with Gasteiger partial charge in [0.15, 0.2) is 0 Å². The second-order valence-corrected chi connectivity index (χ2v) is 12.9. The maximum atomic E-state index is 14.3. The Hall–Kier alpha value is -4.00. The number of nitrogens with one attached hydrogen (secondary N) is 2. The lowest BCUT2D eigenvalue weighted by Gasteiger charge is -2.47. The van der Waals surface area contributed by atoms with Crippen LogP contribution in [0.15, 0.2) is 53.4 Å². The summed E-state index contributed by atoms with van der Waals surface area (Å²) < 4.78 is 57.1. The molecule has 1 aromatic heterocycles. The number of hydrogen-bond donors (Lipinski definition) is 2. The third-order valence-electron chi connectivity index (χ3n) is 8.93. The van der Waals surface area contributed by atoms with Gasteiger partial charge < -0.3 is 19.7 Å². The maximum absolute atomic E-state index is 14.3. The minimum absolute atomic E-state index is 0.00335. The number of ether oxygens (including phenoxy) is 2. The Morgan fingerprint density at radius 2 is 1.84 bits per heavy atom. The number of halogens is 3. The molecule has 13 heteroatoms. The molecule has 2 N–H and O–H groups in total. The summed E-state index contributed by atoms with van der Waals surface area (Å²) in [6.07, 6.45) is -4.58. The monoisotopic (exact) mass is 641 g/mol. The van der Waals surface area contributed by atoms with E-state index >= 15 is 0 Å². The average molecular weight is 642 g/mol. The van der Waals surface area contributed by atoms with Crippen LogP contribution in [-0.4, -0.2) is 64.9 Å². The van der Waals surface area contributed by atoms with E-state index in [1.165, 1.54) is 19.1 Å². The van der Waals surface area contributed by atoms with E-state index in [2.05, 4.69) is 15.0 Å². The number of benzene rings is 2. The highest BCUT2D eigenvalue weighted by atomic mass is 32.2. The van der Waals surface area contributed by atoms with Crippen LogP contribution in [0.3, 0.4) is 0 Å². The van der Waals surface area contributed by atoms with Crippen molar-refractivity contribution in [2.75, 3.05) is 18.4 Å². The highest BCUT2D eigenvalue weighted by molar-refractivity contribution is 8.00. The predicted molar refractivity (Wildman–Crippen MR) is 163 cm³/mol. The average Bonchev–Trinajstić information content (AvgIpc) is 3.78. The van der Waals surface area contributed by atoms with Crippen molar-refractivity contribution in [1.29, 1.82) is 0 Å². The molecular formula is C32H34F3N5O4S. The van der Waals surface area contributed by atoms with Gasteiger partial charge in [-0.05, 0) is 87.2 Å². The van der Waals surface area contributed by atoms with Crippen LogP contribution in [0.2, 0.25) is 0 Å². The Bertz CT molecular complexity index is 1590. The number of carbonyl (C=O) groups is 2. The Labute approximate surface area is 263 Å². The summed E-state index contributed by atoms with van der Waals surface area (Å²) >= 11 is 1.22. The number of aryl methyl sites for hydroxylation is 2. The van der Waals surface area contributed by atoms with Crippen molar-refractivity contribution >= 4 is 29.9 Å². The fourth-order valence-electron chi connectivity index (χ4n) is 6.25. The fraction of sp³-hybridized carbons (Fsp3) is 0.438. The lowest BCUT2D eigenvalue weighted by Crippen LogP contribution is -2.60. The highest BCUT2D eigenvalue weighted by Crippen LogP contribution is 2.61. The zero-order valence-electron chi connectivity index (χ0n) is 25.1. The Balaban J connectivity index is 1.41. The molecule has 45 heavy (non-hydrogen) atoms. The molecule has 3 aliphatic rings. The van der Waals surface area contributed by atoms with Gasteiger partial charge in [-0.1, -0.05) is 24.3 Å². The molecule has 1 aliphatic heterocycles. The van der Waals surface area contributed by atoms with Crippen LogP contribution in [0.1, 0.15) is 53.6 Å². The molecule has 2 aromatic carbocycles. The molecule has 2 saturated carbocycles. The molecule has 1 unspecified atom stereocenters. The van der Waals surface area contributed by atoms with Crippen molar-refractivity contribution in [2.24, 2.45) is 5.41 Å². The van der Waals surface area contributed by atoms with Gasteiger partial charge in [0.1, 0.15) is 6.61 Å². The number of hydrogen-bond acceptors (Lipinski definition) is 8. The minimum atomic E-state index is -4.42. The summed E-state index contributed by atoms with van der Waals surface area (Å²) in [6.45, 7) is 3.76. The number of methoxy groups -OCH3 is 1. The van der Waals surface area contributed by atoms with Gasteiger partial charge in [-0.15, -0.1) is 0 Å². The van der Waals surface area contributed by atoms with E-state index in [0.717, 1.165) is 16.7 Å². The summed E-state index contributed by atoms with van der Waals surface area (Å²) in [6, 6.07) is 12.9. The fourth-order valence-corrected chi connectivity index (χ4v) is 6.88. The van der Waals surface area contributed by atoms with Crippen molar-refractivity contribution in [1.82, 2.24) is 20.2 Å². The molecular weight excluding hydrogens is 607 g/mol. The van der Waals surface area contributed by atoms with Crippen molar-refractivity contribution < 1.29 is 32.2 Å². The molecule has 2 amide bonds. The topological polar surface area (TPSA) is 106 Å². The van der Waals surface area contributed by atoms with Gasteiger partial charge in [0.25, 0.3) is 5.91 Å². The number of alkyl halides is 3. The summed E-state index contributed by atoms with van der Waals surface area (Å²) in [5, 5.41) is 2.73. The quantitative estimate of drug-likeness (QED) is 0.297. The minimum Gasteiger partial charge on any atom is -0.475 e. The van der Waals surface area contributed by atoms with Crippen LogP contribution in [-0.2, 0) is 4.74 Å². The normalized spacial score (nSPS) is 22.4. The first kappa shape index (κ1) is 31.0. The van der Waals surface area contributed by atoms with E-state index in [4.69, 9.17) is 14.5 Å². The first-order chi connectivity index (χ1) is 21.5. The number of anilines is 1. The third-order valence-corrected chi connectivity index (χ3v) is 9.70. The predicted octanol–water partition coefficient (Wildman–Crippen LogP) is 6.70. The Kier molecular flexibility index (Phi) is 8.31. The number of alkyl carbamates (subject to hydrolysis) is 1. The summed E-state index contributed by atoms with van der Waals surface area (Å²) in [7, 11) is 1.26. The molecule has 238 valence electrons. The smallest absolute Gasteiger partial charge is 0.407 e. The molecule has 2 fully saturated rings. The molecule has 2 aliphatic carbocycles. The van der Waals surface area contributed by atoms with Crippen molar-refractivity contribution in [2.45, 2.75) is 75.1 Å². The van der Waals surface area contributed by atoms with E-state index in [-0.39, 0.29) is 49.6 Å². The Morgan fingerprint density at radius 1 is 1.13 bits per heavy atom. The molecule has 0 saturated heterocycles. The number of rotatable bonds is 5. The first-order valence-electron chi connectivity index (χ1n) is 14.8. The molecule has 3 aromatic rings. The zero-order valence-corrected chi connectivity index (χ0v) is 25.9. The molecule has 9 nitrogen and oxygen atoms in total. The van der Waals surface area contributed by atoms with Crippen LogP contribution in [0, 0.1) is 19.3 Å². The SMILES string of the molecule is COC(=O)NC1CC(N2C(=O)c3cccc(c3)SNc3nc(cc(-c4c(C)cccc4C)n3)OCC2CC2(C(F)(F)F)CC2)C1. The van der Waals surface area contributed by atoms with Gasteiger partial charge in [-0.3, -0.25) is 9.52 Å².